The number of hydrogen-bond acceptors (Lipinski definition) is 3. The fourth-order valence-corrected chi connectivity index (χ4v) is 3.15. The van der Waals surface area contributed by atoms with E-state index in [9.17, 15) is 4.79 Å². The molecule has 2 aromatic carbocycles. The van der Waals surface area contributed by atoms with Crippen LogP contribution in [0.15, 0.2) is 61.2 Å². The predicted octanol–water partition coefficient (Wildman–Crippen LogP) is 3.84. The molecular weight excluding hydrogens is 362 g/mol. The molecule has 1 N–H and O–H groups in total. The van der Waals surface area contributed by atoms with Gasteiger partial charge >= 0.3 is 0 Å². The summed E-state index contributed by atoms with van der Waals surface area (Å²) in [5.74, 6) is 0.652. The molecule has 27 heavy (non-hydrogen) atoms. The zero-order valence-electron chi connectivity index (χ0n) is 15.2. The molecule has 0 atom stereocenters. The third-order valence-corrected chi connectivity index (χ3v) is 4.66. The van der Waals surface area contributed by atoms with Crippen molar-refractivity contribution in [3.63, 3.8) is 0 Å². The van der Waals surface area contributed by atoms with Crippen LogP contribution in [0.3, 0.4) is 0 Å². The van der Waals surface area contributed by atoms with Gasteiger partial charge in [-0.25, -0.2) is 4.98 Å². The van der Waals surface area contributed by atoms with E-state index in [0.717, 1.165) is 23.2 Å². The number of methoxy groups -OCH3 is 1. The van der Waals surface area contributed by atoms with Gasteiger partial charge in [0.2, 0.25) is 5.91 Å². The number of carbonyl (C=O) groups excluding carboxylic acids is 1. The highest BCUT2D eigenvalue weighted by atomic mass is 35.5. The summed E-state index contributed by atoms with van der Waals surface area (Å²) in [7, 11) is 1.58. The Labute approximate surface area is 164 Å². The molecule has 0 bridgehead atoms. The van der Waals surface area contributed by atoms with Crippen molar-refractivity contribution in [1.82, 2.24) is 14.9 Å². The van der Waals surface area contributed by atoms with Crippen LogP contribution in [0.5, 0.6) is 5.75 Å². The van der Waals surface area contributed by atoms with Crippen LogP contribution < -0.4 is 10.1 Å². The number of benzene rings is 2. The number of nitrogens with zero attached hydrogens (tertiary/aromatic N) is 2. The number of carbonyl (C=O) groups is 1. The molecule has 0 spiro atoms. The minimum absolute atomic E-state index is 0.0133. The minimum Gasteiger partial charge on any atom is -0.495 e. The summed E-state index contributed by atoms with van der Waals surface area (Å²) in [6.45, 7) is 1.24. The summed E-state index contributed by atoms with van der Waals surface area (Å²) in [5, 5.41) is 3.56. The second kappa shape index (κ2) is 9.24. The average Bonchev–Trinajstić information content (AvgIpc) is 3.19. The van der Waals surface area contributed by atoms with Gasteiger partial charge in [-0.15, -0.1) is 0 Å². The van der Waals surface area contributed by atoms with Crippen LogP contribution in [0.4, 0.5) is 0 Å². The molecular formula is C21H22ClN3O2. The number of imidazole rings is 1. The molecule has 0 fully saturated rings. The third-order valence-electron chi connectivity index (χ3n) is 4.36. The van der Waals surface area contributed by atoms with Gasteiger partial charge in [-0.05, 0) is 35.2 Å². The lowest BCUT2D eigenvalue weighted by Gasteiger charge is -2.11. The van der Waals surface area contributed by atoms with E-state index in [-0.39, 0.29) is 5.91 Å². The standard InChI is InChI=1S/C21H22ClN3O2/c1-27-20-8-6-16(12-19(20)22)7-9-21(26)24-13-17-4-2-3-5-18(17)14-25-11-10-23-15-25/h2-6,8,10-12,15H,7,9,13-14H2,1H3,(H,24,26). The van der Waals surface area contributed by atoms with Crippen molar-refractivity contribution in [1.29, 1.82) is 0 Å². The topological polar surface area (TPSA) is 56.1 Å². The van der Waals surface area contributed by atoms with Crippen LogP contribution in [-0.2, 0) is 24.3 Å². The zero-order chi connectivity index (χ0) is 19.1. The summed E-state index contributed by atoms with van der Waals surface area (Å²) >= 11 is 6.13. The number of hydrogen-bond donors (Lipinski definition) is 1. The molecule has 3 aromatic rings. The molecule has 0 saturated heterocycles. The normalized spacial score (nSPS) is 10.6. The van der Waals surface area contributed by atoms with Crippen molar-refractivity contribution in [2.75, 3.05) is 7.11 Å². The maximum Gasteiger partial charge on any atom is 0.220 e. The lowest BCUT2D eigenvalue weighted by molar-refractivity contribution is -0.121. The van der Waals surface area contributed by atoms with Gasteiger partial charge in [0.15, 0.2) is 0 Å². The van der Waals surface area contributed by atoms with E-state index in [1.165, 1.54) is 0 Å². The Balaban J connectivity index is 1.53. The fourth-order valence-electron chi connectivity index (χ4n) is 2.87. The van der Waals surface area contributed by atoms with E-state index in [4.69, 9.17) is 16.3 Å². The molecule has 0 aliphatic rings. The average molecular weight is 384 g/mol. The maximum absolute atomic E-state index is 12.2. The Morgan fingerprint density at radius 3 is 2.74 bits per heavy atom. The summed E-state index contributed by atoms with van der Waals surface area (Å²) in [6, 6.07) is 13.7. The number of halogens is 1. The van der Waals surface area contributed by atoms with E-state index < -0.39 is 0 Å². The van der Waals surface area contributed by atoms with Gasteiger partial charge in [0, 0.05) is 31.9 Å². The zero-order valence-corrected chi connectivity index (χ0v) is 15.9. The number of amides is 1. The Morgan fingerprint density at radius 2 is 2.04 bits per heavy atom. The lowest BCUT2D eigenvalue weighted by atomic mass is 10.1. The molecule has 1 heterocycles. The summed E-state index contributed by atoms with van der Waals surface area (Å²) in [5.41, 5.74) is 3.28. The molecule has 6 heteroatoms. The molecule has 0 aliphatic carbocycles. The van der Waals surface area contributed by atoms with E-state index >= 15 is 0 Å². The van der Waals surface area contributed by atoms with Crippen LogP contribution in [0.25, 0.3) is 0 Å². The SMILES string of the molecule is COc1ccc(CCC(=O)NCc2ccccc2Cn2ccnc2)cc1Cl. The molecule has 140 valence electrons. The summed E-state index contributed by atoms with van der Waals surface area (Å²) in [6.07, 6.45) is 6.51. The number of nitrogens with one attached hydrogen (secondary N) is 1. The van der Waals surface area contributed by atoms with Crippen molar-refractivity contribution in [3.05, 3.63) is 82.9 Å². The van der Waals surface area contributed by atoms with E-state index in [1.54, 1.807) is 19.6 Å². The largest absolute Gasteiger partial charge is 0.495 e. The van der Waals surface area contributed by atoms with Crippen molar-refractivity contribution in [2.45, 2.75) is 25.9 Å². The van der Waals surface area contributed by atoms with Gasteiger partial charge in [0.1, 0.15) is 5.75 Å². The van der Waals surface area contributed by atoms with Gasteiger partial charge in [0.25, 0.3) is 0 Å². The molecule has 0 saturated carbocycles. The van der Waals surface area contributed by atoms with Crippen LogP contribution in [-0.4, -0.2) is 22.6 Å². The molecule has 5 nitrogen and oxygen atoms in total. The van der Waals surface area contributed by atoms with Crippen molar-refractivity contribution in [2.24, 2.45) is 0 Å². The highest BCUT2D eigenvalue weighted by Gasteiger charge is 2.07. The molecule has 0 radical (unpaired) electrons. The predicted molar refractivity (Wildman–Crippen MR) is 106 cm³/mol. The Kier molecular flexibility index (Phi) is 6.49. The first-order chi connectivity index (χ1) is 13.2. The Morgan fingerprint density at radius 1 is 1.22 bits per heavy atom. The quantitative estimate of drug-likeness (QED) is 0.643. The fraction of sp³-hybridized carbons (Fsp3) is 0.238. The molecule has 0 aliphatic heterocycles. The molecule has 1 aromatic heterocycles. The lowest BCUT2D eigenvalue weighted by Crippen LogP contribution is -2.23. The highest BCUT2D eigenvalue weighted by molar-refractivity contribution is 6.32. The first-order valence-electron chi connectivity index (χ1n) is 8.77. The maximum atomic E-state index is 12.2. The van der Waals surface area contributed by atoms with Crippen LogP contribution in [0, 0.1) is 0 Å². The van der Waals surface area contributed by atoms with Gasteiger partial charge in [-0.1, -0.05) is 41.9 Å². The van der Waals surface area contributed by atoms with E-state index in [2.05, 4.69) is 16.4 Å². The number of ether oxygens (including phenoxy) is 1. The van der Waals surface area contributed by atoms with Crippen LogP contribution in [0.2, 0.25) is 5.02 Å². The Hall–Kier alpha value is -2.79. The number of aromatic nitrogens is 2. The monoisotopic (exact) mass is 383 g/mol. The van der Waals surface area contributed by atoms with Crippen molar-refractivity contribution < 1.29 is 9.53 Å². The Bertz CT molecular complexity index is 894. The van der Waals surface area contributed by atoms with E-state index in [1.807, 2.05) is 47.2 Å². The van der Waals surface area contributed by atoms with Crippen molar-refractivity contribution >= 4 is 17.5 Å². The second-order valence-corrected chi connectivity index (χ2v) is 6.66. The first kappa shape index (κ1) is 19.0. The summed E-state index contributed by atoms with van der Waals surface area (Å²) < 4.78 is 7.15. The van der Waals surface area contributed by atoms with Crippen LogP contribution >= 0.6 is 11.6 Å². The second-order valence-electron chi connectivity index (χ2n) is 6.25. The first-order valence-corrected chi connectivity index (χ1v) is 9.15. The highest BCUT2D eigenvalue weighted by Crippen LogP contribution is 2.25. The molecule has 1 amide bonds. The van der Waals surface area contributed by atoms with E-state index in [0.29, 0.717) is 30.2 Å². The minimum atomic E-state index is 0.0133. The van der Waals surface area contributed by atoms with Gasteiger partial charge in [0.05, 0.1) is 18.5 Å². The summed E-state index contributed by atoms with van der Waals surface area (Å²) in [4.78, 5) is 16.3. The van der Waals surface area contributed by atoms with Gasteiger partial charge in [-0.3, -0.25) is 4.79 Å². The van der Waals surface area contributed by atoms with Gasteiger partial charge < -0.3 is 14.6 Å². The molecule has 3 rings (SSSR count). The number of rotatable bonds is 8. The van der Waals surface area contributed by atoms with Gasteiger partial charge in [-0.2, -0.15) is 0 Å². The third kappa shape index (κ3) is 5.34. The molecule has 0 unspecified atom stereocenters. The van der Waals surface area contributed by atoms with Crippen LogP contribution in [0.1, 0.15) is 23.1 Å². The smallest absolute Gasteiger partial charge is 0.220 e. The van der Waals surface area contributed by atoms with Crippen molar-refractivity contribution in [3.8, 4) is 5.75 Å². The number of aryl methyl sites for hydroxylation is 1.